The van der Waals surface area contributed by atoms with Crippen LogP contribution in [0.5, 0.6) is 0 Å². The first-order chi connectivity index (χ1) is 13.9. The quantitative estimate of drug-likeness (QED) is 0.752. The molecule has 0 aliphatic carbocycles. The fourth-order valence-corrected chi connectivity index (χ4v) is 3.72. The van der Waals surface area contributed by atoms with E-state index in [1.165, 1.54) is 0 Å². The number of amides is 1. The van der Waals surface area contributed by atoms with Gasteiger partial charge in [0, 0.05) is 31.6 Å². The molecular weight excluding hydrogens is 368 g/mol. The molecule has 0 bridgehead atoms. The molecule has 2 N–H and O–H groups in total. The number of hydrogen-bond donors (Lipinski definition) is 2. The summed E-state index contributed by atoms with van der Waals surface area (Å²) < 4.78 is 5.76. The monoisotopic (exact) mass is 396 g/mol. The number of carbonyl (C=O) groups excluding carboxylic acids is 1. The third-order valence-corrected chi connectivity index (χ3v) is 5.00. The van der Waals surface area contributed by atoms with Crippen LogP contribution in [0.25, 0.3) is 0 Å². The van der Waals surface area contributed by atoms with E-state index in [-0.39, 0.29) is 24.5 Å². The fraction of sp³-hybridized carbons (Fsp3) is 0.391. The smallest absolute Gasteiger partial charge is 0.326 e. The minimum atomic E-state index is -1.05. The molecule has 3 rings (SSSR count). The van der Waals surface area contributed by atoms with Crippen molar-refractivity contribution in [1.29, 1.82) is 0 Å². The topological polar surface area (TPSA) is 78.9 Å². The van der Waals surface area contributed by atoms with Crippen molar-refractivity contribution in [1.82, 2.24) is 10.2 Å². The van der Waals surface area contributed by atoms with Crippen LogP contribution in [0.3, 0.4) is 0 Å². The van der Waals surface area contributed by atoms with Gasteiger partial charge >= 0.3 is 5.97 Å². The summed E-state index contributed by atoms with van der Waals surface area (Å²) in [7, 11) is 0. The number of aliphatic carboxylic acids is 1. The highest BCUT2D eigenvalue weighted by atomic mass is 16.5. The van der Waals surface area contributed by atoms with Gasteiger partial charge in [0.2, 0.25) is 0 Å². The molecule has 6 heteroatoms. The van der Waals surface area contributed by atoms with Gasteiger partial charge in [-0.3, -0.25) is 9.69 Å². The number of benzene rings is 2. The van der Waals surface area contributed by atoms with Crippen molar-refractivity contribution in [3.05, 3.63) is 71.3 Å². The van der Waals surface area contributed by atoms with E-state index in [1.54, 1.807) is 12.1 Å². The van der Waals surface area contributed by atoms with Gasteiger partial charge in [-0.15, -0.1) is 0 Å². The lowest BCUT2D eigenvalue weighted by molar-refractivity contribution is -0.139. The first-order valence-corrected chi connectivity index (χ1v) is 9.95. The Morgan fingerprint density at radius 2 is 1.66 bits per heavy atom. The third-order valence-electron chi connectivity index (χ3n) is 5.00. The molecule has 1 aliphatic rings. The molecule has 6 nitrogen and oxygen atoms in total. The van der Waals surface area contributed by atoms with Crippen LogP contribution >= 0.6 is 0 Å². The fourth-order valence-electron chi connectivity index (χ4n) is 3.72. The number of morpholine rings is 1. The minimum absolute atomic E-state index is 0.210. The summed E-state index contributed by atoms with van der Waals surface area (Å²) in [6.45, 7) is 6.71. The molecule has 1 fully saturated rings. The molecule has 2 aromatic carbocycles. The van der Waals surface area contributed by atoms with Gasteiger partial charge in [-0.1, -0.05) is 42.5 Å². The van der Waals surface area contributed by atoms with E-state index in [9.17, 15) is 14.7 Å². The lowest BCUT2D eigenvalue weighted by Crippen LogP contribution is -2.44. The summed E-state index contributed by atoms with van der Waals surface area (Å²) in [6.07, 6.45) is 0.663. The lowest BCUT2D eigenvalue weighted by atomic mass is 10.0. The first kappa shape index (κ1) is 21.0. The second-order valence-corrected chi connectivity index (χ2v) is 7.70. The zero-order chi connectivity index (χ0) is 20.8. The number of nitrogens with zero attached hydrogens (tertiary/aromatic N) is 1. The van der Waals surface area contributed by atoms with E-state index in [2.05, 4.69) is 24.1 Å². The van der Waals surface area contributed by atoms with Gasteiger partial charge in [0.25, 0.3) is 5.91 Å². The van der Waals surface area contributed by atoms with Crippen LogP contribution in [-0.2, 0) is 22.5 Å². The third kappa shape index (κ3) is 6.14. The van der Waals surface area contributed by atoms with E-state index in [4.69, 9.17) is 4.74 Å². The molecule has 1 saturated heterocycles. The lowest BCUT2D eigenvalue weighted by Gasteiger charge is -2.35. The summed E-state index contributed by atoms with van der Waals surface area (Å²) in [5.41, 5.74) is 2.43. The number of hydrogen-bond acceptors (Lipinski definition) is 4. The summed E-state index contributed by atoms with van der Waals surface area (Å²) in [4.78, 5) is 26.4. The standard InChI is InChI=1S/C23H28N2O4/c1-16-13-25(14-17(2)29-16)15-19-8-10-20(11-9-19)22(26)24-21(23(27)28)12-18-6-4-3-5-7-18/h3-11,16-17,21H,12-15H2,1-2H3,(H,24,26)(H,27,28)/t16-,17+,21-/m0/s1. The molecule has 1 heterocycles. The van der Waals surface area contributed by atoms with Gasteiger partial charge in [0.1, 0.15) is 6.04 Å². The van der Waals surface area contributed by atoms with Crippen LogP contribution in [0.15, 0.2) is 54.6 Å². The van der Waals surface area contributed by atoms with Gasteiger partial charge in [-0.2, -0.15) is 0 Å². The van der Waals surface area contributed by atoms with Crippen molar-refractivity contribution in [2.45, 2.75) is 45.1 Å². The Kier molecular flexibility index (Phi) is 7.01. The number of carbonyl (C=O) groups is 2. The first-order valence-electron chi connectivity index (χ1n) is 9.95. The van der Waals surface area contributed by atoms with Gasteiger partial charge in [0.15, 0.2) is 0 Å². The number of ether oxygens (including phenoxy) is 1. The molecule has 0 spiro atoms. The zero-order valence-corrected chi connectivity index (χ0v) is 16.9. The van der Waals surface area contributed by atoms with E-state index in [0.717, 1.165) is 30.8 Å². The highest BCUT2D eigenvalue weighted by Gasteiger charge is 2.23. The Hall–Kier alpha value is -2.70. The SMILES string of the molecule is C[C@@H]1CN(Cc2ccc(C(=O)N[C@@H](Cc3ccccc3)C(=O)O)cc2)C[C@H](C)O1. The maximum atomic E-state index is 12.5. The zero-order valence-electron chi connectivity index (χ0n) is 16.9. The Labute approximate surface area is 171 Å². The van der Waals surface area contributed by atoms with Crippen molar-refractivity contribution < 1.29 is 19.4 Å². The second-order valence-electron chi connectivity index (χ2n) is 7.70. The van der Waals surface area contributed by atoms with Crippen LogP contribution in [-0.4, -0.2) is 53.2 Å². The van der Waals surface area contributed by atoms with E-state index < -0.39 is 12.0 Å². The van der Waals surface area contributed by atoms with Gasteiger partial charge < -0.3 is 15.2 Å². The number of carboxylic acids is 1. The minimum Gasteiger partial charge on any atom is -0.480 e. The van der Waals surface area contributed by atoms with Crippen molar-refractivity contribution in [3.8, 4) is 0 Å². The van der Waals surface area contributed by atoms with Crippen molar-refractivity contribution >= 4 is 11.9 Å². The predicted octanol–water partition coefficient (Wildman–Crippen LogP) is 2.72. The number of carboxylic acid groups (broad SMARTS) is 1. The molecule has 1 aliphatic heterocycles. The maximum Gasteiger partial charge on any atom is 0.326 e. The van der Waals surface area contributed by atoms with Crippen LogP contribution in [0.1, 0.15) is 35.3 Å². The maximum absolute atomic E-state index is 12.5. The normalized spacial score (nSPS) is 20.8. The summed E-state index contributed by atoms with van der Waals surface area (Å²) in [6, 6.07) is 15.7. The molecule has 0 radical (unpaired) electrons. The number of rotatable bonds is 7. The van der Waals surface area contributed by atoms with Crippen LogP contribution in [0.4, 0.5) is 0 Å². The Bertz CT molecular complexity index is 813. The molecule has 0 saturated carbocycles. The highest BCUT2D eigenvalue weighted by molar-refractivity contribution is 5.96. The molecular formula is C23H28N2O4. The Balaban J connectivity index is 1.59. The largest absolute Gasteiger partial charge is 0.480 e. The van der Waals surface area contributed by atoms with Crippen LogP contribution in [0.2, 0.25) is 0 Å². The second kappa shape index (κ2) is 9.67. The van der Waals surface area contributed by atoms with E-state index in [1.807, 2.05) is 42.5 Å². The van der Waals surface area contributed by atoms with Gasteiger partial charge in [-0.05, 0) is 37.1 Å². The van der Waals surface area contributed by atoms with Crippen LogP contribution < -0.4 is 5.32 Å². The summed E-state index contributed by atoms with van der Waals surface area (Å²) in [5.74, 6) is -1.43. The average Bonchev–Trinajstić information content (AvgIpc) is 2.68. The van der Waals surface area contributed by atoms with E-state index in [0.29, 0.717) is 5.56 Å². The van der Waals surface area contributed by atoms with Crippen molar-refractivity contribution in [2.75, 3.05) is 13.1 Å². The molecule has 29 heavy (non-hydrogen) atoms. The summed E-state index contributed by atoms with van der Waals surface area (Å²) >= 11 is 0. The van der Waals surface area contributed by atoms with Crippen molar-refractivity contribution in [3.63, 3.8) is 0 Å². The highest BCUT2D eigenvalue weighted by Crippen LogP contribution is 2.15. The Morgan fingerprint density at radius 1 is 1.03 bits per heavy atom. The molecule has 2 aromatic rings. The van der Waals surface area contributed by atoms with Gasteiger partial charge in [-0.25, -0.2) is 4.79 Å². The molecule has 0 aromatic heterocycles. The Morgan fingerprint density at radius 3 is 2.24 bits per heavy atom. The van der Waals surface area contributed by atoms with E-state index >= 15 is 0 Å². The molecule has 0 unspecified atom stereocenters. The average molecular weight is 396 g/mol. The van der Waals surface area contributed by atoms with Crippen LogP contribution in [0, 0.1) is 0 Å². The molecule has 154 valence electrons. The van der Waals surface area contributed by atoms with Crippen molar-refractivity contribution in [2.24, 2.45) is 0 Å². The molecule has 3 atom stereocenters. The predicted molar refractivity (Wildman–Crippen MR) is 111 cm³/mol. The molecule has 1 amide bonds. The summed E-state index contributed by atoms with van der Waals surface area (Å²) in [5, 5.41) is 12.1. The van der Waals surface area contributed by atoms with Gasteiger partial charge in [0.05, 0.1) is 12.2 Å². The number of nitrogens with one attached hydrogen (secondary N) is 1.